The summed E-state index contributed by atoms with van der Waals surface area (Å²) in [6.45, 7) is 2.11. The molecular weight excluding hydrogens is 376 g/mol. The molecule has 6 heteroatoms. The highest BCUT2D eigenvalue weighted by atomic mass is 16.4. The Morgan fingerprint density at radius 2 is 1.80 bits per heavy atom. The van der Waals surface area contributed by atoms with Crippen molar-refractivity contribution < 1.29 is 9.90 Å². The summed E-state index contributed by atoms with van der Waals surface area (Å²) < 4.78 is 0. The van der Waals surface area contributed by atoms with Crippen LogP contribution in [0.1, 0.15) is 35.9 Å². The molecule has 0 amide bonds. The molecule has 0 spiro atoms. The van der Waals surface area contributed by atoms with Crippen molar-refractivity contribution in [2.75, 3.05) is 0 Å². The fourth-order valence-electron chi connectivity index (χ4n) is 3.39. The Labute approximate surface area is 173 Å². The minimum atomic E-state index is -0.973. The van der Waals surface area contributed by atoms with E-state index in [-0.39, 0.29) is 0 Å². The topological polar surface area (TPSA) is 91.8 Å². The molecule has 148 valence electrons. The first-order chi connectivity index (χ1) is 14.7. The van der Waals surface area contributed by atoms with E-state index in [1.54, 1.807) is 18.5 Å². The van der Waals surface area contributed by atoms with Crippen LogP contribution >= 0.6 is 0 Å². The number of hydrogen-bond acceptors (Lipinski definition) is 4. The Morgan fingerprint density at radius 3 is 2.50 bits per heavy atom. The van der Waals surface area contributed by atoms with Crippen LogP contribution in [-0.4, -0.2) is 31.2 Å². The number of nitrogens with one attached hydrogen (secondary N) is 1. The number of nitrogens with zero attached hydrogens (tertiary/aromatic N) is 3. The normalized spacial score (nSPS) is 12.3. The number of rotatable bonds is 6. The van der Waals surface area contributed by atoms with Gasteiger partial charge in [-0.25, -0.2) is 14.8 Å². The number of fused-ring (bicyclic) bond motifs is 1. The third kappa shape index (κ3) is 4.03. The molecule has 30 heavy (non-hydrogen) atoms. The van der Waals surface area contributed by atoms with Crippen molar-refractivity contribution in [1.29, 1.82) is 0 Å². The second-order valence-corrected chi connectivity index (χ2v) is 6.73. The van der Waals surface area contributed by atoms with Crippen molar-refractivity contribution in [3.8, 4) is 0 Å². The average molecular weight is 396 g/mol. The molecule has 2 aromatic carbocycles. The highest BCUT2D eigenvalue weighted by molar-refractivity contribution is 5.97. The SMILES string of the molecule is CC/C(=C(/c1ccc(/C=C/C(=O)O)cc1)c1ncc2[nH]ncc2n1)c1ccccc1. The van der Waals surface area contributed by atoms with Gasteiger partial charge in [-0.15, -0.1) is 0 Å². The summed E-state index contributed by atoms with van der Waals surface area (Å²) in [5.74, 6) is -0.350. The molecule has 2 N–H and O–H groups in total. The maximum absolute atomic E-state index is 10.8. The summed E-state index contributed by atoms with van der Waals surface area (Å²) in [5.41, 5.74) is 6.50. The molecule has 0 aliphatic rings. The Kier molecular flexibility index (Phi) is 5.48. The van der Waals surface area contributed by atoms with Gasteiger partial charge in [-0.2, -0.15) is 5.10 Å². The van der Waals surface area contributed by atoms with E-state index in [2.05, 4.69) is 34.2 Å². The molecular formula is C24H20N4O2. The Morgan fingerprint density at radius 1 is 1.03 bits per heavy atom. The van der Waals surface area contributed by atoms with Gasteiger partial charge in [0.1, 0.15) is 11.0 Å². The molecule has 0 unspecified atom stereocenters. The van der Waals surface area contributed by atoms with Gasteiger partial charge in [0.2, 0.25) is 0 Å². The molecule has 0 atom stereocenters. The van der Waals surface area contributed by atoms with Crippen LogP contribution in [0.3, 0.4) is 0 Å². The lowest BCUT2D eigenvalue weighted by Gasteiger charge is -2.15. The lowest BCUT2D eigenvalue weighted by atomic mass is 9.91. The highest BCUT2D eigenvalue weighted by Gasteiger charge is 2.16. The zero-order chi connectivity index (χ0) is 20.9. The van der Waals surface area contributed by atoms with Crippen molar-refractivity contribution in [1.82, 2.24) is 20.2 Å². The van der Waals surface area contributed by atoms with E-state index in [4.69, 9.17) is 10.1 Å². The van der Waals surface area contributed by atoms with E-state index < -0.39 is 5.97 Å². The summed E-state index contributed by atoms with van der Waals surface area (Å²) in [5, 5.41) is 15.8. The number of carboxylic acid groups (broad SMARTS) is 1. The minimum Gasteiger partial charge on any atom is -0.478 e. The maximum atomic E-state index is 10.8. The van der Waals surface area contributed by atoms with E-state index in [9.17, 15) is 4.79 Å². The van der Waals surface area contributed by atoms with Crippen LogP contribution in [0.25, 0.3) is 28.3 Å². The van der Waals surface area contributed by atoms with E-state index >= 15 is 0 Å². The Balaban J connectivity index is 1.89. The number of aliphatic carboxylic acids is 1. The first-order valence-electron chi connectivity index (χ1n) is 9.62. The van der Waals surface area contributed by atoms with Crippen molar-refractivity contribution >= 4 is 34.2 Å². The lowest BCUT2D eigenvalue weighted by Crippen LogP contribution is -2.00. The van der Waals surface area contributed by atoms with Crippen LogP contribution in [0.15, 0.2) is 73.1 Å². The molecule has 0 aliphatic carbocycles. The zero-order valence-corrected chi connectivity index (χ0v) is 16.4. The number of aromatic amines is 1. The van der Waals surface area contributed by atoms with Crippen molar-refractivity contribution in [2.24, 2.45) is 0 Å². The monoisotopic (exact) mass is 396 g/mol. The number of aromatic nitrogens is 4. The average Bonchev–Trinajstić information content (AvgIpc) is 3.25. The van der Waals surface area contributed by atoms with Gasteiger partial charge in [0.15, 0.2) is 5.82 Å². The van der Waals surface area contributed by atoms with Gasteiger partial charge in [0.05, 0.1) is 12.4 Å². The Hall–Kier alpha value is -4.06. The standard InChI is InChI=1S/C24H20N4O2/c1-2-19(17-6-4-3-5-7-17)23(24-25-14-21-20(27-24)15-26-28-21)18-11-8-16(9-12-18)10-13-22(29)30/h3-15H,2H2,1H3,(H,26,28)(H,29,30)/b13-10+,23-19+. The summed E-state index contributed by atoms with van der Waals surface area (Å²) in [6.07, 6.45) is 6.93. The summed E-state index contributed by atoms with van der Waals surface area (Å²) in [7, 11) is 0. The van der Waals surface area contributed by atoms with Crippen molar-refractivity contribution in [3.05, 3.63) is 95.6 Å². The van der Waals surface area contributed by atoms with Gasteiger partial charge < -0.3 is 5.11 Å². The van der Waals surface area contributed by atoms with E-state index in [1.807, 2.05) is 42.5 Å². The molecule has 0 bridgehead atoms. The van der Waals surface area contributed by atoms with Crippen LogP contribution in [0.5, 0.6) is 0 Å². The third-order valence-corrected chi connectivity index (χ3v) is 4.81. The van der Waals surface area contributed by atoms with Crippen molar-refractivity contribution in [2.45, 2.75) is 13.3 Å². The predicted molar refractivity (Wildman–Crippen MR) is 117 cm³/mol. The molecule has 6 nitrogen and oxygen atoms in total. The fourth-order valence-corrected chi connectivity index (χ4v) is 3.39. The second kappa shape index (κ2) is 8.53. The highest BCUT2D eigenvalue weighted by Crippen LogP contribution is 2.33. The van der Waals surface area contributed by atoms with E-state index in [0.29, 0.717) is 5.82 Å². The van der Waals surface area contributed by atoms with Crippen LogP contribution in [-0.2, 0) is 4.79 Å². The molecule has 0 radical (unpaired) electrons. The van der Waals surface area contributed by atoms with Crippen LogP contribution in [0.4, 0.5) is 0 Å². The predicted octanol–water partition coefficient (Wildman–Crippen LogP) is 4.82. The molecule has 2 heterocycles. The van der Waals surface area contributed by atoms with E-state index in [0.717, 1.165) is 51.4 Å². The smallest absolute Gasteiger partial charge is 0.328 e. The lowest BCUT2D eigenvalue weighted by molar-refractivity contribution is -0.131. The number of allylic oxidation sites excluding steroid dienone is 1. The molecule has 0 saturated heterocycles. The van der Waals surface area contributed by atoms with Gasteiger partial charge >= 0.3 is 5.97 Å². The number of H-pyrrole nitrogens is 1. The first-order valence-corrected chi connectivity index (χ1v) is 9.62. The van der Waals surface area contributed by atoms with Crippen LogP contribution < -0.4 is 0 Å². The minimum absolute atomic E-state index is 0.624. The molecule has 2 aromatic heterocycles. The number of hydrogen-bond donors (Lipinski definition) is 2. The van der Waals surface area contributed by atoms with Gasteiger partial charge in [0.25, 0.3) is 0 Å². The maximum Gasteiger partial charge on any atom is 0.328 e. The third-order valence-electron chi connectivity index (χ3n) is 4.81. The summed E-state index contributed by atoms with van der Waals surface area (Å²) in [6, 6.07) is 17.9. The quantitative estimate of drug-likeness (QED) is 0.360. The molecule has 4 aromatic rings. The van der Waals surface area contributed by atoms with E-state index in [1.165, 1.54) is 0 Å². The largest absolute Gasteiger partial charge is 0.478 e. The summed E-state index contributed by atoms with van der Waals surface area (Å²) in [4.78, 5) is 20.1. The van der Waals surface area contributed by atoms with Gasteiger partial charge in [-0.05, 0) is 34.8 Å². The first kappa shape index (κ1) is 19.3. The molecule has 0 saturated carbocycles. The second-order valence-electron chi connectivity index (χ2n) is 6.73. The van der Waals surface area contributed by atoms with Crippen LogP contribution in [0, 0.1) is 0 Å². The number of carbonyl (C=O) groups is 1. The molecule has 0 aliphatic heterocycles. The number of carboxylic acids is 1. The fraction of sp³-hybridized carbons (Fsp3) is 0.0833. The number of benzene rings is 2. The van der Waals surface area contributed by atoms with Gasteiger partial charge in [-0.1, -0.05) is 61.5 Å². The van der Waals surface area contributed by atoms with Crippen molar-refractivity contribution in [3.63, 3.8) is 0 Å². The Bertz CT molecular complexity index is 1240. The van der Waals surface area contributed by atoms with Gasteiger partial charge in [-0.3, -0.25) is 5.10 Å². The van der Waals surface area contributed by atoms with Gasteiger partial charge in [0, 0.05) is 11.6 Å². The summed E-state index contributed by atoms with van der Waals surface area (Å²) >= 11 is 0. The molecule has 0 fully saturated rings. The zero-order valence-electron chi connectivity index (χ0n) is 16.4. The van der Waals surface area contributed by atoms with Crippen LogP contribution in [0.2, 0.25) is 0 Å². The molecule has 4 rings (SSSR count).